The summed E-state index contributed by atoms with van der Waals surface area (Å²) in [6, 6.07) is 8.83. The van der Waals surface area contributed by atoms with Gasteiger partial charge in [0.25, 0.3) is 0 Å². The number of carbonyl (C=O) groups is 1. The Morgan fingerprint density at radius 2 is 2.16 bits per heavy atom. The van der Waals surface area contributed by atoms with Crippen molar-refractivity contribution in [3.05, 3.63) is 30.3 Å². The zero-order chi connectivity index (χ0) is 13.5. The van der Waals surface area contributed by atoms with Crippen LogP contribution in [0.3, 0.4) is 0 Å². The Bertz CT molecular complexity index is 392. The predicted molar refractivity (Wildman–Crippen MR) is 67.9 cm³/mol. The highest BCUT2D eigenvalue weighted by atomic mass is 16.7. The van der Waals surface area contributed by atoms with Crippen LogP contribution in [0.1, 0.15) is 13.3 Å². The molecule has 1 saturated heterocycles. The average molecular weight is 266 g/mol. The van der Waals surface area contributed by atoms with Gasteiger partial charge < -0.3 is 18.9 Å². The van der Waals surface area contributed by atoms with E-state index in [-0.39, 0.29) is 18.8 Å². The molecule has 1 aliphatic rings. The van der Waals surface area contributed by atoms with Crippen molar-refractivity contribution in [1.82, 2.24) is 0 Å². The Labute approximate surface area is 112 Å². The third-order valence-electron chi connectivity index (χ3n) is 2.78. The van der Waals surface area contributed by atoms with Crippen LogP contribution in [-0.2, 0) is 14.2 Å². The number of para-hydroxylation sites is 1. The summed E-state index contributed by atoms with van der Waals surface area (Å²) in [6.45, 7) is 3.37. The maximum Gasteiger partial charge on any atom is 0.513 e. The predicted octanol–water partition coefficient (Wildman–Crippen LogP) is 2.60. The van der Waals surface area contributed by atoms with Crippen LogP contribution < -0.4 is 4.74 Å². The molecule has 2 rings (SSSR count). The van der Waals surface area contributed by atoms with Gasteiger partial charge in [-0.05, 0) is 19.1 Å². The first-order valence-electron chi connectivity index (χ1n) is 6.40. The van der Waals surface area contributed by atoms with Gasteiger partial charge in [-0.1, -0.05) is 18.2 Å². The van der Waals surface area contributed by atoms with E-state index in [2.05, 4.69) is 0 Å². The molecule has 0 spiro atoms. The van der Waals surface area contributed by atoms with Gasteiger partial charge in [0.1, 0.15) is 12.4 Å². The molecule has 0 bridgehead atoms. The number of benzene rings is 1. The quantitative estimate of drug-likeness (QED) is 0.605. The molecule has 0 radical (unpaired) electrons. The third kappa shape index (κ3) is 4.54. The van der Waals surface area contributed by atoms with Crippen molar-refractivity contribution >= 4 is 6.16 Å². The molecule has 5 nitrogen and oxygen atoms in total. The first kappa shape index (κ1) is 13.8. The number of hydrogen-bond donors (Lipinski definition) is 0. The van der Waals surface area contributed by atoms with Crippen LogP contribution >= 0.6 is 0 Å². The molecule has 0 aromatic heterocycles. The van der Waals surface area contributed by atoms with E-state index in [4.69, 9.17) is 18.9 Å². The molecule has 1 aliphatic heterocycles. The fourth-order valence-electron chi connectivity index (χ4n) is 1.87. The second kappa shape index (κ2) is 7.11. The van der Waals surface area contributed by atoms with Gasteiger partial charge in [0.15, 0.2) is 6.29 Å². The minimum absolute atomic E-state index is 0.167. The molecule has 0 saturated carbocycles. The third-order valence-corrected chi connectivity index (χ3v) is 2.78. The zero-order valence-corrected chi connectivity index (χ0v) is 10.9. The Morgan fingerprint density at radius 3 is 2.89 bits per heavy atom. The number of carbonyl (C=O) groups excluding carboxylic acids is 1. The highest BCUT2D eigenvalue weighted by Gasteiger charge is 2.27. The maximum atomic E-state index is 11.5. The van der Waals surface area contributed by atoms with Gasteiger partial charge >= 0.3 is 6.16 Å². The topological polar surface area (TPSA) is 54.0 Å². The van der Waals surface area contributed by atoms with Crippen molar-refractivity contribution in [2.75, 3.05) is 19.8 Å². The molecule has 1 aromatic rings. The fourth-order valence-corrected chi connectivity index (χ4v) is 1.87. The van der Waals surface area contributed by atoms with E-state index in [1.54, 1.807) is 24.3 Å². The normalized spacial score (nSPS) is 22.2. The lowest BCUT2D eigenvalue weighted by atomic mass is 10.1. The van der Waals surface area contributed by atoms with Crippen LogP contribution in [0, 0.1) is 5.92 Å². The lowest BCUT2D eigenvalue weighted by Gasteiger charge is -2.10. The minimum Gasteiger partial charge on any atom is -0.434 e. The van der Waals surface area contributed by atoms with Crippen molar-refractivity contribution < 1.29 is 23.7 Å². The lowest BCUT2D eigenvalue weighted by Crippen LogP contribution is -2.17. The Kier molecular flexibility index (Phi) is 5.18. The van der Waals surface area contributed by atoms with E-state index < -0.39 is 6.16 Å². The van der Waals surface area contributed by atoms with E-state index in [1.807, 2.05) is 13.0 Å². The second-order valence-corrected chi connectivity index (χ2v) is 4.30. The van der Waals surface area contributed by atoms with Crippen molar-refractivity contribution in [3.63, 3.8) is 0 Å². The van der Waals surface area contributed by atoms with Gasteiger partial charge in [0, 0.05) is 18.9 Å². The number of hydrogen-bond acceptors (Lipinski definition) is 5. The molecule has 5 heteroatoms. The average Bonchev–Trinajstić information content (AvgIpc) is 2.86. The smallest absolute Gasteiger partial charge is 0.434 e. The molecule has 1 heterocycles. The monoisotopic (exact) mass is 266 g/mol. The molecular formula is C14H18O5. The molecule has 19 heavy (non-hydrogen) atoms. The molecule has 2 unspecified atom stereocenters. The summed E-state index contributed by atoms with van der Waals surface area (Å²) in [5.74, 6) is 0.641. The maximum absolute atomic E-state index is 11.5. The van der Waals surface area contributed by atoms with Crippen molar-refractivity contribution in [3.8, 4) is 5.75 Å². The molecule has 1 fully saturated rings. The van der Waals surface area contributed by atoms with Crippen molar-refractivity contribution in [2.24, 2.45) is 5.92 Å². The molecule has 2 atom stereocenters. The molecule has 1 aromatic carbocycles. The van der Waals surface area contributed by atoms with Gasteiger partial charge in [-0.3, -0.25) is 0 Å². The SMILES string of the molecule is CCOC1CC(COC(=O)Oc2ccccc2)CO1. The van der Waals surface area contributed by atoms with Gasteiger partial charge in [-0.25, -0.2) is 4.79 Å². The van der Waals surface area contributed by atoms with Gasteiger partial charge in [-0.15, -0.1) is 0 Å². The lowest BCUT2D eigenvalue weighted by molar-refractivity contribution is -0.106. The van der Waals surface area contributed by atoms with Gasteiger partial charge in [0.05, 0.1) is 6.61 Å². The highest BCUT2D eigenvalue weighted by Crippen LogP contribution is 2.21. The van der Waals surface area contributed by atoms with Crippen LogP contribution in [0.2, 0.25) is 0 Å². The number of rotatable bonds is 5. The molecule has 0 N–H and O–H groups in total. The Morgan fingerprint density at radius 1 is 1.37 bits per heavy atom. The Hall–Kier alpha value is -1.59. The molecule has 0 amide bonds. The van der Waals surface area contributed by atoms with Crippen LogP contribution in [0.15, 0.2) is 30.3 Å². The summed E-state index contributed by atoms with van der Waals surface area (Å²) >= 11 is 0. The van der Waals surface area contributed by atoms with E-state index in [1.165, 1.54) is 0 Å². The van der Waals surface area contributed by atoms with E-state index in [9.17, 15) is 4.79 Å². The van der Waals surface area contributed by atoms with Crippen molar-refractivity contribution in [2.45, 2.75) is 19.6 Å². The summed E-state index contributed by atoms with van der Waals surface area (Å²) in [6.07, 6.45) is -0.123. The van der Waals surface area contributed by atoms with Gasteiger partial charge in [-0.2, -0.15) is 0 Å². The van der Waals surface area contributed by atoms with Gasteiger partial charge in [0.2, 0.25) is 0 Å². The van der Waals surface area contributed by atoms with E-state index in [0.29, 0.717) is 19.0 Å². The van der Waals surface area contributed by atoms with Crippen LogP contribution in [-0.4, -0.2) is 32.3 Å². The Balaban J connectivity index is 1.67. The first-order valence-corrected chi connectivity index (χ1v) is 6.40. The van der Waals surface area contributed by atoms with Crippen LogP contribution in [0.25, 0.3) is 0 Å². The molecule has 0 aliphatic carbocycles. The fraction of sp³-hybridized carbons (Fsp3) is 0.500. The minimum atomic E-state index is -0.689. The van der Waals surface area contributed by atoms with E-state index >= 15 is 0 Å². The largest absolute Gasteiger partial charge is 0.513 e. The van der Waals surface area contributed by atoms with Crippen LogP contribution in [0.4, 0.5) is 4.79 Å². The molecular weight excluding hydrogens is 248 g/mol. The number of ether oxygens (including phenoxy) is 4. The zero-order valence-electron chi connectivity index (χ0n) is 10.9. The summed E-state index contributed by atoms with van der Waals surface area (Å²) < 4.78 is 20.8. The summed E-state index contributed by atoms with van der Waals surface area (Å²) in [4.78, 5) is 11.5. The highest BCUT2D eigenvalue weighted by molar-refractivity contribution is 5.63. The van der Waals surface area contributed by atoms with E-state index in [0.717, 1.165) is 6.42 Å². The standard InChI is InChI=1S/C14H18O5/c1-2-16-13-8-11(9-17-13)10-18-14(15)19-12-6-4-3-5-7-12/h3-7,11,13H,2,8-10H2,1H3. The van der Waals surface area contributed by atoms with Crippen LogP contribution in [0.5, 0.6) is 5.75 Å². The molecule has 104 valence electrons. The summed E-state index contributed by atoms with van der Waals surface area (Å²) in [5.41, 5.74) is 0. The van der Waals surface area contributed by atoms with Crippen molar-refractivity contribution in [1.29, 1.82) is 0 Å². The summed E-state index contributed by atoms with van der Waals surface area (Å²) in [5, 5.41) is 0. The summed E-state index contributed by atoms with van der Waals surface area (Å²) in [7, 11) is 0. The second-order valence-electron chi connectivity index (χ2n) is 4.30. The first-order chi connectivity index (χ1) is 9.28.